The first-order valence-electron chi connectivity index (χ1n) is 12.1. The Balaban J connectivity index is 1.26. The maximum absolute atomic E-state index is 12.9. The fraction of sp³-hybridized carbons (Fsp3) is 0.346. The van der Waals surface area contributed by atoms with Gasteiger partial charge in [-0.25, -0.2) is 19.5 Å². The average molecular weight is 559 g/mol. The molecule has 0 unspecified atom stereocenters. The molecular formula is C26H23BrN8O2. The molecule has 10 nitrogen and oxygen atoms in total. The van der Waals surface area contributed by atoms with Gasteiger partial charge in [-0.2, -0.15) is 5.10 Å². The molecule has 1 aromatic carbocycles. The zero-order valence-electron chi connectivity index (χ0n) is 20.1. The van der Waals surface area contributed by atoms with Crippen molar-refractivity contribution in [2.24, 2.45) is 11.8 Å². The standard InChI is InChI=1S/C26H23BrN8O2/c1-28-20-11-18(10-16-4-3-7-29-23(16)20)35-25-19(24(27)32-35)12-30-21(31-25)9-15-5-6-17(8-15)26(37)34-13-22(36)33(2)14-34/h3-4,7,10-12,15,17H,5-6,8-9,13-14H2,2H3/t15-,17-/m1/s1. The zero-order chi connectivity index (χ0) is 25.7. The summed E-state index contributed by atoms with van der Waals surface area (Å²) in [6, 6.07) is 7.49. The SMILES string of the molecule is [C-]#[N+]c1cc(-n2nc(Br)c3cnc(C[C@@H]4CC[C@@H](C(=O)N5CC(=O)N(C)C5)C4)nc32)cc2cccnc12. The zero-order valence-corrected chi connectivity index (χ0v) is 21.7. The molecule has 1 aliphatic carbocycles. The van der Waals surface area contributed by atoms with E-state index in [1.807, 2.05) is 18.2 Å². The molecular weight excluding hydrogens is 536 g/mol. The molecule has 1 aliphatic heterocycles. The Morgan fingerprint density at radius 1 is 1.27 bits per heavy atom. The second kappa shape index (κ2) is 9.19. The summed E-state index contributed by atoms with van der Waals surface area (Å²) in [6.45, 7) is 8.16. The summed E-state index contributed by atoms with van der Waals surface area (Å²) >= 11 is 3.52. The van der Waals surface area contributed by atoms with E-state index in [-0.39, 0.29) is 24.3 Å². The number of benzene rings is 1. The fourth-order valence-electron chi connectivity index (χ4n) is 5.37. The van der Waals surface area contributed by atoms with Gasteiger partial charge in [0.05, 0.1) is 29.8 Å². The average Bonchev–Trinajstić information content (AvgIpc) is 3.60. The molecule has 11 heteroatoms. The number of hydrogen-bond donors (Lipinski definition) is 0. The molecule has 0 N–H and O–H groups in total. The van der Waals surface area contributed by atoms with Gasteiger partial charge in [0.1, 0.15) is 17.0 Å². The molecule has 2 fully saturated rings. The topological polar surface area (TPSA) is 101 Å². The third kappa shape index (κ3) is 4.21. The van der Waals surface area contributed by atoms with E-state index in [0.717, 1.165) is 35.7 Å². The number of rotatable bonds is 4. The van der Waals surface area contributed by atoms with Crippen LogP contribution in [0.4, 0.5) is 5.69 Å². The second-order valence-corrected chi connectivity index (χ2v) is 10.5. The highest BCUT2D eigenvalue weighted by Gasteiger charge is 2.37. The van der Waals surface area contributed by atoms with Gasteiger partial charge in [0.15, 0.2) is 5.65 Å². The van der Waals surface area contributed by atoms with Crippen LogP contribution in [-0.2, 0) is 16.0 Å². The number of nitrogens with zero attached hydrogens (tertiary/aromatic N) is 8. The van der Waals surface area contributed by atoms with Crippen molar-refractivity contribution in [1.29, 1.82) is 0 Å². The van der Waals surface area contributed by atoms with E-state index in [1.54, 1.807) is 40.0 Å². The summed E-state index contributed by atoms with van der Waals surface area (Å²) in [5, 5.41) is 6.27. The lowest BCUT2D eigenvalue weighted by Gasteiger charge is -2.19. The van der Waals surface area contributed by atoms with Crippen molar-refractivity contribution in [3.63, 3.8) is 0 Å². The molecule has 1 saturated carbocycles. The van der Waals surface area contributed by atoms with Crippen molar-refractivity contribution in [3.8, 4) is 5.69 Å². The predicted molar refractivity (Wildman–Crippen MR) is 140 cm³/mol. The van der Waals surface area contributed by atoms with Crippen LogP contribution in [0.15, 0.2) is 41.3 Å². The van der Waals surface area contributed by atoms with E-state index in [0.29, 0.717) is 46.3 Å². The Morgan fingerprint density at radius 2 is 2.14 bits per heavy atom. The highest BCUT2D eigenvalue weighted by atomic mass is 79.9. The fourth-order valence-corrected chi connectivity index (χ4v) is 5.80. The number of carbonyl (C=O) groups is 2. The summed E-state index contributed by atoms with van der Waals surface area (Å²) in [4.78, 5) is 45.5. The number of pyridine rings is 1. The first-order chi connectivity index (χ1) is 17.9. The molecule has 4 heterocycles. The van der Waals surface area contributed by atoms with E-state index >= 15 is 0 Å². The van der Waals surface area contributed by atoms with E-state index in [4.69, 9.17) is 11.6 Å². The molecule has 3 aromatic heterocycles. The maximum Gasteiger partial charge on any atom is 0.243 e. The van der Waals surface area contributed by atoms with Crippen LogP contribution in [0.2, 0.25) is 0 Å². The van der Waals surface area contributed by atoms with Gasteiger partial charge in [-0.3, -0.25) is 14.6 Å². The third-order valence-electron chi connectivity index (χ3n) is 7.27. The minimum Gasteiger partial charge on any atom is -0.326 e. The van der Waals surface area contributed by atoms with Crippen molar-refractivity contribution in [2.45, 2.75) is 25.7 Å². The van der Waals surface area contributed by atoms with Gasteiger partial charge < -0.3 is 9.80 Å². The number of halogens is 1. The minimum atomic E-state index is -0.0639. The van der Waals surface area contributed by atoms with E-state index in [9.17, 15) is 9.59 Å². The van der Waals surface area contributed by atoms with E-state index < -0.39 is 0 Å². The van der Waals surface area contributed by atoms with Crippen molar-refractivity contribution in [1.82, 2.24) is 34.5 Å². The van der Waals surface area contributed by atoms with E-state index in [1.165, 1.54) is 0 Å². The van der Waals surface area contributed by atoms with Crippen LogP contribution in [0.3, 0.4) is 0 Å². The van der Waals surface area contributed by atoms with Crippen molar-refractivity contribution in [2.75, 3.05) is 20.3 Å². The normalized spacial score (nSPS) is 19.8. The van der Waals surface area contributed by atoms with Crippen LogP contribution < -0.4 is 0 Å². The molecule has 0 bridgehead atoms. The number of hydrogen-bond acceptors (Lipinski definition) is 6. The first-order valence-corrected chi connectivity index (χ1v) is 12.9. The third-order valence-corrected chi connectivity index (χ3v) is 7.86. The first kappa shape index (κ1) is 23.5. The molecule has 2 atom stereocenters. The maximum atomic E-state index is 12.9. The van der Waals surface area contributed by atoms with Crippen molar-refractivity contribution < 1.29 is 9.59 Å². The smallest absolute Gasteiger partial charge is 0.243 e. The Labute approximate surface area is 221 Å². The lowest BCUT2D eigenvalue weighted by molar-refractivity contribution is -0.135. The summed E-state index contributed by atoms with van der Waals surface area (Å²) in [6.07, 6.45) is 6.62. The van der Waals surface area contributed by atoms with Crippen molar-refractivity contribution >= 4 is 55.4 Å². The van der Waals surface area contributed by atoms with Crippen LogP contribution in [0.25, 0.3) is 32.5 Å². The number of fused-ring (bicyclic) bond motifs is 2. The van der Waals surface area contributed by atoms with Crippen molar-refractivity contribution in [3.05, 3.63) is 58.5 Å². The molecule has 0 radical (unpaired) electrons. The Morgan fingerprint density at radius 3 is 2.92 bits per heavy atom. The highest BCUT2D eigenvalue weighted by molar-refractivity contribution is 9.10. The van der Waals surface area contributed by atoms with Gasteiger partial charge in [-0.05, 0) is 64.7 Å². The van der Waals surface area contributed by atoms with Gasteiger partial charge >= 0.3 is 0 Å². The lowest BCUT2D eigenvalue weighted by Crippen LogP contribution is -2.34. The molecule has 0 spiro atoms. The van der Waals surface area contributed by atoms with E-state index in [2.05, 4.69) is 35.8 Å². The summed E-state index contributed by atoms with van der Waals surface area (Å²) in [5.74, 6) is 0.982. The van der Waals surface area contributed by atoms with Crippen LogP contribution in [-0.4, -0.2) is 66.6 Å². The summed E-state index contributed by atoms with van der Waals surface area (Å²) in [7, 11) is 1.72. The lowest BCUT2D eigenvalue weighted by atomic mass is 10.0. The molecule has 4 aromatic rings. The molecule has 186 valence electrons. The predicted octanol–water partition coefficient (Wildman–Crippen LogP) is 3.89. The summed E-state index contributed by atoms with van der Waals surface area (Å²) < 4.78 is 2.36. The molecule has 37 heavy (non-hydrogen) atoms. The Hall–Kier alpha value is -3.91. The molecule has 2 amide bonds. The van der Waals surface area contributed by atoms with Gasteiger partial charge in [-0.15, -0.1) is 0 Å². The van der Waals surface area contributed by atoms with Crippen LogP contribution >= 0.6 is 15.9 Å². The number of amides is 2. The van der Waals surface area contributed by atoms with Crippen LogP contribution in [0.5, 0.6) is 0 Å². The largest absolute Gasteiger partial charge is 0.326 e. The Bertz CT molecular complexity index is 1610. The number of carbonyl (C=O) groups excluding carboxylic acids is 2. The van der Waals surface area contributed by atoms with Gasteiger partial charge in [0, 0.05) is 31.8 Å². The van der Waals surface area contributed by atoms with Crippen LogP contribution in [0, 0.1) is 18.4 Å². The minimum absolute atomic E-state index is 0.0152. The molecule has 6 rings (SSSR count). The van der Waals surface area contributed by atoms with Gasteiger partial charge in [-0.1, -0.05) is 6.07 Å². The quantitative estimate of drug-likeness (QED) is 0.352. The Kier molecular flexibility index (Phi) is 5.83. The number of likely N-dealkylation sites (N-methyl/N-ethyl adjacent to an activating group) is 1. The van der Waals surface area contributed by atoms with Gasteiger partial charge in [0.2, 0.25) is 17.5 Å². The number of aromatic nitrogens is 5. The highest BCUT2D eigenvalue weighted by Crippen LogP contribution is 2.35. The summed E-state index contributed by atoms with van der Waals surface area (Å²) in [5.41, 5.74) is 2.49. The second-order valence-electron chi connectivity index (χ2n) is 9.73. The monoisotopic (exact) mass is 558 g/mol. The van der Waals surface area contributed by atoms with Gasteiger partial charge in [0.25, 0.3) is 0 Å². The molecule has 2 aliphatic rings. The molecule has 1 saturated heterocycles. The van der Waals surface area contributed by atoms with Crippen LogP contribution in [0.1, 0.15) is 25.1 Å².